The Bertz CT molecular complexity index is 1470. The first-order chi connectivity index (χ1) is 23.4. The van der Waals surface area contributed by atoms with Crippen molar-refractivity contribution >= 4 is 35.1 Å². The summed E-state index contributed by atoms with van der Waals surface area (Å²) in [5, 5.41) is 23.1. The number of hydrogen-bond acceptors (Lipinski definition) is 10. The van der Waals surface area contributed by atoms with E-state index in [4.69, 9.17) is 9.47 Å². The predicted octanol–water partition coefficient (Wildman–Crippen LogP) is 7.45. The molecule has 50 heavy (non-hydrogen) atoms. The van der Waals surface area contributed by atoms with Gasteiger partial charge in [-0.25, -0.2) is 0 Å². The monoisotopic (exact) mass is 694 g/mol. The van der Waals surface area contributed by atoms with Crippen LogP contribution in [0.3, 0.4) is 0 Å². The molecular weight excluding hydrogens is 640 g/mol. The van der Waals surface area contributed by atoms with Gasteiger partial charge in [-0.05, 0) is 89.2 Å². The maximum atomic E-state index is 13.3. The number of hydrogen-bond donors (Lipinski definition) is 2. The molecule has 2 aliphatic carbocycles. The first-order valence-corrected chi connectivity index (χ1v) is 17.5. The zero-order chi connectivity index (χ0) is 38.0. The minimum Gasteiger partial charge on any atom is -0.507 e. The normalized spacial score (nSPS) is 18.9. The van der Waals surface area contributed by atoms with E-state index in [1.807, 2.05) is 39.8 Å². The summed E-state index contributed by atoms with van der Waals surface area (Å²) in [5.41, 5.74) is 0.809. The molecule has 0 aliphatic heterocycles. The Morgan fingerprint density at radius 3 is 1.24 bits per heavy atom. The second kappa shape index (κ2) is 18.6. The number of carbonyl (C=O) groups excluding carboxylic acids is 6. The van der Waals surface area contributed by atoms with Gasteiger partial charge in [0.25, 0.3) is 0 Å². The fraction of sp³-hybridized carbons (Fsp3) is 0.550. The van der Waals surface area contributed by atoms with Crippen LogP contribution in [0.1, 0.15) is 108 Å². The Balaban J connectivity index is 2.36. The lowest BCUT2D eigenvalue weighted by atomic mass is 9.74. The highest BCUT2D eigenvalue weighted by Crippen LogP contribution is 2.42. The van der Waals surface area contributed by atoms with Crippen LogP contribution in [0.4, 0.5) is 0 Å². The van der Waals surface area contributed by atoms with Gasteiger partial charge in [0.05, 0.1) is 11.8 Å². The van der Waals surface area contributed by atoms with Gasteiger partial charge in [-0.2, -0.15) is 0 Å². The van der Waals surface area contributed by atoms with Gasteiger partial charge in [0, 0.05) is 33.4 Å². The summed E-state index contributed by atoms with van der Waals surface area (Å²) in [6, 6.07) is 0. The summed E-state index contributed by atoms with van der Waals surface area (Å²) in [6.45, 7) is 17.4. The minimum atomic E-state index is -0.870. The smallest absolute Gasteiger partial charge is 0.308 e. The van der Waals surface area contributed by atoms with E-state index in [0.29, 0.717) is 38.5 Å². The molecule has 2 aliphatic rings. The molecular formula is C40H54O10. The number of rotatable bonds is 17. The molecule has 0 aromatic heterocycles. The molecule has 4 atom stereocenters. The van der Waals surface area contributed by atoms with E-state index in [9.17, 15) is 39.0 Å². The Hall–Kier alpha value is -4.34. The van der Waals surface area contributed by atoms with Gasteiger partial charge < -0.3 is 19.7 Å². The number of esters is 2. The maximum Gasteiger partial charge on any atom is 0.308 e. The van der Waals surface area contributed by atoms with Crippen molar-refractivity contribution in [2.24, 2.45) is 23.7 Å². The number of Topliss-reactive ketones (excluding diaryl/α,β-unsaturated/α-hetero) is 4. The van der Waals surface area contributed by atoms with Crippen molar-refractivity contribution in [2.75, 3.05) is 13.2 Å². The molecule has 0 bridgehead atoms. The average Bonchev–Trinajstić information content (AvgIpc) is 3.08. The summed E-state index contributed by atoms with van der Waals surface area (Å²) in [7, 11) is 0. The molecule has 0 spiro atoms. The van der Waals surface area contributed by atoms with Crippen molar-refractivity contribution in [1.29, 1.82) is 0 Å². The van der Waals surface area contributed by atoms with Crippen molar-refractivity contribution in [1.82, 2.24) is 0 Å². The van der Waals surface area contributed by atoms with Crippen LogP contribution in [0.5, 0.6) is 0 Å². The summed E-state index contributed by atoms with van der Waals surface area (Å²) in [5.74, 6) is -6.65. The fourth-order valence-electron chi connectivity index (χ4n) is 5.73. The topological polar surface area (TPSA) is 161 Å². The highest BCUT2D eigenvalue weighted by Gasteiger charge is 2.42. The third kappa shape index (κ3) is 9.88. The van der Waals surface area contributed by atoms with Crippen molar-refractivity contribution in [2.45, 2.75) is 108 Å². The molecule has 4 unspecified atom stereocenters. The Morgan fingerprint density at radius 1 is 0.620 bits per heavy atom. The van der Waals surface area contributed by atoms with Gasteiger partial charge in [-0.15, -0.1) is 0 Å². The minimum absolute atomic E-state index is 0.130. The van der Waals surface area contributed by atoms with Gasteiger partial charge in [-0.3, -0.25) is 28.8 Å². The third-order valence-electron chi connectivity index (χ3n) is 9.65. The van der Waals surface area contributed by atoms with Crippen LogP contribution in [-0.2, 0) is 38.2 Å². The van der Waals surface area contributed by atoms with E-state index < -0.39 is 46.5 Å². The van der Waals surface area contributed by atoms with Crippen LogP contribution in [0, 0.1) is 23.7 Å². The van der Waals surface area contributed by atoms with Crippen LogP contribution < -0.4 is 0 Å². The number of ketones is 4. The van der Waals surface area contributed by atoms with Gasteiger partial charge >= 0.3 is 11.9 Å². The van der Waals surface area contributed by atoms with Gasteiger partial charge in [-0.1, -0.05) is 53.7 Å². The van der Waals surface area contributed by atoms with Crippen molar-refractivity contribution < 1.29 is 48.5 Å². The SMILES string of the molecule is CCC(C)C(=O)OCC(C)=CCCC(C)C1=C(O)C(C2=C(C)C(=O)C(=O)C(C(C)CCC=C(C)COC(=O)C(C)CC)=C2O)=C(C)C(=O)C1=O. The zero-order valence-electron chi connectivity index (χ0n) is 31.3. The van der Waals surface area contributed by atoms with Crippen LogP contribution in [0.2, 0.25) is 0 Å². The van der Waals surface area contributed by atoms with Crippen LogP contribution >= 0.6 is 0 Å². The second-order valence-corrected chi connectivity index (χ2v) is 13.7. The lowest BCUT2D eigenvalue weighted by Crippen LogP contribution is -2.33. The molecule has 10 heteroatoms. The molecule has 10 nitrogen and oxygen atoms in total. The summed E-state index contributed by atoms with van der Waals surface area (Å²) in [4.78, 5) is 77.0. The Morgan fingerprint density at radius 2 is 0.940 bits per heavy atom. The molecule has 0 heterocycles. The largest absolute Gasteiger partial charge is 0.507 e. The third-order valence-corrected chi connectivity index (χ3v) is 9.65. The van der Waals surface area contributed by atoms with Crippen LogP contribution in [0.15, 0.2) is 68.3 Å². The molecule has 0 aromatic carbocycles. The van der Waals surface area contributed by atoms with E-state index in [2.05, 4.69) is 0 Å². The van der Waals surface area contributed by atoms with E-state index in [1.54, 1.807) is 27.7 Å². The highest BCUT2D eigenvalue weighted by molar-refractivity contribution is 6.52. The molecule has 2 rings (SSSR count). The summed E-state index contributed by atoms with van der Waals surface area (Å²) in [6.07, 6.45) is 6.73. The first kappa shape index (κ1) is 41.8. The highest BCUT2D eigenvalue weighted by atomic mass is 16.5. The number of allylic oxidation sites excluding steroid dienone is 8. The van der Waals surface area contributed by atoms with Gasteiger partial charge in [0.2, 0.25) is 23.1 Å². The van der Waals surface area contributed by atoms with E-state index in [0.717, 1.165) is 11.1 Å². The molecule has 0 radical (unpaired) electrons. The Kier molecular flexibility index (Phi) is 15.6. The summed E-state index contributed by atoms with van der Waals surface area (Å²) >= 11 is 0. The average molecular weight is 695 g/mol. The standard InChI is InChI=1S/C40H54O10/c1-11-23(5)39(47)49-19-21(3)15-13-17-25(7)29-35(43)31(27(9)33(41)37(29)45)32-28(10)34(42)38(46)30(36(32)44)26(8)18-14-16-22(4)20-50-40(48)24(6)12-2/h15-16,23-26,43-44H,11-14,17-20H2,1-10H3. The van der Waals surface area contributed by atoms with Crippen LogP contribution in [-0.4, -0.2) is 58.5 Å². The lowest BCUT2D eigenvalue weighted by molar-refractivity contribution is -0.147. The molecule has 0 saturated carbocycles. The van der Waals surface area contributed by atoms with Crippen molar-refractivity contribution in [3.05, 3.63) is 68.3 Å². The van der Waals surface area contributed by atoms with Crippen LogP contribution in [0.25, 0.3) is 0 Å². The van der Waals surface area contributed by atoms with Crippen molar-refractivity contribution in [3.63, 3.8) is 0 Å². The number of ether oxygens (including phenoxy) is 2. The second-order valence-electron chi connectivity index (χ2n) is 13.7. The fourth-order valence-corrected chi connectivity index (χ4v) is 5.73. The molecule has 0 amide bonds. The number of aliphatic hydroxyl groups is 2. The maximum absolute atomic E-state index is 13.3. The molecule has 274 valence electrons. The van der Waals surface area contributed by atoms with Gasteiger partial charge in [0.1, 0.15) is 24.7 Å². The number of carbonyl (C=O) groups is 6. The van der Waals surface area contributed by atoms with Gasteiger partial charge in [0.15, 0.2) is 0 Å². The first-order valence-electron chi connectivity index (χ1n) is 17.5. The molecule has 0 saturated heterocycles. The van der Waals surface area contributed by atoms with Crippen molar-refractivity contribution in [3.8, 4) is 0 Å². The summed E-state index contributed by atoms with van der Waals surface area (Å²) < 4.78 is 10.7. The lowest BCUT2D eigenvalue weighted by Gasteiger charge is -2.28. The van der Waals surface area contributed by atoms with E-state index in [1.165, 1.54) is 13.8 Å². The van der Waals surface area contributed by atoms with E-state index in [-0.39, 0.29) is 70.4 Å². The molecule has 0 fully saturated rings. The molecule has 0 aromatic rings. The Labute approximate surface area is 296 Å². The quantitative estimate of drug-likeness (QED) is 0.0677. The number of aliphatic hydroxyl groups excluding tert-OH is 2. The zero-order valence-corrected chi connectivity index (χ0v) is 31.3. The van der Waals surface area contributed by atoms with E-state index >= 15 is 0 Å². The predicted molar refractivity (Wildman–Crippen MR) is 190 cm³/mol. The molecule has 2 N–H and O–H groups in total.